The lowest BCUT2D eigenvalue weighted by Crippen LogP contribution is -2.52. The molecule has 0 bridgehead atoms. The summed E-state index contributed by atoms with van der Waals surface area (Å²) in [5.41, 5.74) is 7.60. The highest BCUT2D eigenvalue weighted by Crippen LogP contribution is 2.37. The van der Waals surface area contributed by atoms with Crippen molar-refractivity contribution < 1.29 is 9.47 Å². The number of nitrogens with two attached hydrogens (primary N) is 1. The van der Waals surface area contributed by atoms with E-state index in [0.717, 1.165) is 42.0 Å². The van der Waals surface area contributed by atoms with Gasteiger partial charge in [0.15, 0.2) is 11.5 Å². The van der Waals surface area contributed by atoms with Crippen LogP contribution >= 0.6 is 15.9 Å². The average Bonchev–Trinajstić information content (AvgIpc) is 2.45. The predicted octanol–water partition coefficient (Wildman–Crippen LogP) is 3.42. The van der Waals surface area contributed by atoms with Gasteiger partial charge in [0, 0.05) is 25.7 Å². The first-order valence-corrected chi connectivity index (χ1v) is 8.64. The van der Waals surface area contributed by atoms with Crippen molar-refractivity contribution in [3.63, 3.8) is 0 Å². The Morgan fingerprint density at radius 3 is 2.73 bits per heavy atom. The summed E-state index contributed by atoms with van der Waals surface area (Å²) in [5, 5.41) is 0. The number of methoxy groups -OCH3 is 1. The molecule has 1 aromatic rings. The minimum Gasteiger partial charge on any atom is -0.493 e. The van der Waals surface area contributed by atoms with Crippen LogP contribution in [0.25, 0.3) is 0 Å². The summed E-state index contributed by atoms with van der Waals surface area (Å²) in [4.78, 5) is 2.46. The van der Waals surface area contributed by atoms with E-state index in [1.807, 2.05) is 6.92 Å². The second-order valence-corrected chi connectivity index (χ2v) is 7.49. The number of ether oxygens (including phenoxy) is 2. The lowest BCUT2D eigenvalue weighted by atomic mass is 9.79. The first kappa shape index (κ1) is 17.6. The Hall–Kier alpha value is -0.780. The molecule has 5 heteroatoms. The van der Waals surface area contributed by atoms with Gasteiger partial charge in [-0.05, 0) is 52.4 Å². The van der Waals surface area contributed by atoms with E-state index in [4.69, 9.17) is 15.2 Å². The standard InChI is InChI=1S/C17H27BrN2O2/c1-5-22-16-13(18)8-12(9-14(16)21-4)10-20-7-6-15(19)17(2,3)11-20/h8-9,15H,5-7,10-11,19H2,1-4H3. The van der Waals surface area contributed by atoms with Crippen molar-refractivity contribution in [1.29, 1.82) is 0 Å². The third-order valence-electron chi connectivity index (χ3n) is 4.38. The van der Waals surface area contributed by atoms with Crippen LogP contribution in [0.2, 0.25) is 0 Å². The fraction of sp³-hybridized carbons (Fsp3) is 0.647. The van der Waals surface area contributed by atoms with Gasteiger partial charge in [-0.1, -0.05) is 13.8 Å². The molecule has 1 heterocycles. The monoisotopic (exact) mass is 370 g/mol. The molecule has 4 nitrogen and oxygen atoms in total. The molecular weight excluding hydrogens is 344 g/mol. The van der Waals surface area contributed by atoms with Crippen LogP contribution in [-0.2, 0) is 6.54 Å². The quantitative estimate of drug-likeness (QED) is 0.862. The van der Waals surface area contributed by atoms with Gasteiger partial charge in [0.05, 0.1) is 18.2 Å². The average molecular weight is 371 g/mol. The topological polar surface area (TPSA) is 47.7 Å². The molecule has 0 amide bonds. The maximum atomic E-state index is 6.22. The van der Waals surface area contributed by atoms with Gasteiger partial charge in [-0.3, -0.25) is 4.90 Å². The number of hydrogen-bond acceptors (Lipinski definition) is 4. The molecule has 1 unspecified atom stereocenters. The molecule has 1 aliphatic rings. The van der Waals surface area contributed by atoms with Gasteiger partial charge >= 0.3 is 0 Å². The fourth-order valence-corrected chi connectivity index (χ4v) is 3.63. The number of rotatable bonds is 5. The number of halogens is 1. The highest BCUT2D eigenvalue weighted by atomic mass is 79.9. The van der Waals surface area contributed by atoms with Crippen LogP contribution in [0.3, 0.4) is 0 Å². The van der Waals surface area contributed by atoms with E-state index in [9.17, 15) is 0 Å². The Balaban J connectivity index is 2.15. The summed E-state index contributed by atoms with van der Waals surface area (Å²) in [6.45, 7) is 10.0. The molecule has 124 valence electrons. The van der Waals surface area contributed by atoms with Gasteiger partial charge in [-0.2, -0.15) is 0 Å². The van der Waals surface area contributed by atoms with Crippen LogP contribution in [0.5, 0.6) is 11.5 Å². The number of piperidine rings is 1. The van der Waals surface area contributed by atoms with E-state index in [1.165, 1.54) is 5.56 Å². The maximum absolute atomic E-state index is 6.22. The SMILES string of the molecule is CCOc1c(Br)cc(CN2CCC(N)C(C)(C)C2)cc1OC. The minimum absolute atomic E-state index is 0.158. The molecule has 0 spiro atoms. The summed E-state index contributed by atoms with van der Waals surface area (Å²) in [5.74, 6) is 1.55. The molecule has 1 aliphatic heterocycles. The van der Waals surface area contributed by atoms with Gasteiger partial charge < -0.3 is 15.2 Å². The molecule has 0 aliphatic carbocycles. The van der Waals surface area contributed by atoms with Crippen LogP contribution in [0.15, 0.2) is 16.6 Å². The number of nitrogens with zero attached hydrogens (tertiary/aromatic N) is 1. The summed E-state index contributed by atoms with van der Waals surface area (Å²) in [6.07, 6.45) is 1.04. The maximum Gasteiger partial charge on any atom is 0.175 e. The zero-order valence-corrected chi connectivity index (χ0v) is 15.6. The highest BCUT2D eigenvalue weighted by Gasteiger charge is 2.33. The van der Waals surface area contributed by atoms with Crippen molar-refractivity contribution in [2.24, 2.45) is 11.1 Å². The van der Waals surface area contributed by atoms with Gasteiger partial charge in [-0.15, -0.1) is 0 Å². The molecule has 1 aromatic carbocycles. The lowest BCUT2D eigenvalue weighted by molar-refractivity contribution is 0.0898. The zero-order valence-electron chi connectivity index (χ0n) is 14.0. The smallest absolute Gasteiger partial charge is 0.175 e. The lowest BCUT2D eigenvalue weighted by Gasteiger charge is -2.42. The van der Waals surface area contributed by atoms with Crippen molar-refractivity contribution in [2.45, 2.75) is 39.8 Å². The zero-order chi connectivity index (χ0) is 16.3. The van der Waals surface area contributed by atoms with Crippen LogP contribution in [-0.4, -0.2) is 37.7 Å². The second kappa shape index (κ2) is 7.20. The van der Waals surface area contributed by atoms with E-state index >= 15 is 0 Å². The van der Waals surface area contributed by atoms with Gasteiger partial charge in [0.1, 0.15) is 0 Å². The number of benzene rings is 1. The number of likely N-dealkylation sites (tertiary alicyclic amines) is 1. The first-order chi connectivity index (χ1) is 10.4. The van der Waals surface area contributed by atoms with Crippen molar-refractivity contribution in [2.75, 3.05) is 26.8 Å². The first-order valence-electron chi connectivity index (χ1n) is 7.84. The summed E-state index contributed by atoms with van der Waals surface area (Å²) in [7, 11) is 1.68. The largest absolute Gasteiger partial charge is 0.493 e. The summed E-state index contributed by atoms with van der Waals surface area (Å²) >= 11 is 3.59. The highest BCUT2D eigenvalue weighted by molar-refractivity contribution is 9.10. The van der Waals surface area contributed by atoms with Crippen LogP contribution in [0.4, 0.5) is 0 Å². The van der Waals surface area contributed by atoms with E-state index < -0.39 is 0 Å². The van der Waals surface area contributed by atoms with Crippen molar-refractivity contribution in [3.8, 4) is 11.5 Å². The molecule has 22 heavy (non-hydrogen) atoms. The predicted molar refractivity (Wildman–Crippen MR) is 93.5 cm³/mol. The Morgan fingerprint density at radius 2 is 2.14 bits per heavy atom. The van der Waals surface area contributed by atoms with E-state index in [-0.39, 0.29) is 11.5 Å². The molecular formula is C17H27BrN2O2. The van der Waals surface area contributed by atoms with Gasteiger partial charge in [-0.25, -0.2) is 0 Å². The molecule has 2 rings (SSSR count). The minimum atomic E-state index is 0.158. The fourth-order valence-electron chi connectivity index (χ4n) is 3.03. The van der Waals surface area contributed by atoms with Gasteiger partial charge in [0.2, 0.25) is 0 Å². The Bertz CT molecular complexity index is 520. The van der Waals surface area contributed by atoms with Crippen LogP contribution in [0.1, 0.15) is 32.8 Å². The molecule has 1 atom stereocenters. The number of hydrogen-bond donors (Lipinski definition) is 1. The van der Waals surface area contributed by atoms with Crippen molar-refractivity contribution in [1.82, 2.24) is 4.90 Å². The molecule has 0 radical (unpaired) electrons. The third-order valence-corrected chi connectivity index (χ3v) is 4.96. The molecule has 0 saturated carbocycles. The third kappa shape index (κ3) is 3.94. The van der Waals surface area contributed by atoms with Crippen LogP contribution < -0.4 is 15.2 Å². The normalized spacial score (nSPS) is 21.6. The Labute approximate surface area is 142 Å². The summed E-state index contributed by atoms with van der Waals surface area (Å²) < 4.78 is 12.1. The summed E-state index contributed by atoms with van der Waals surface area (Å²) in [6, 6.07) is 4.47. The van der Waals surface area contributed by atoms with Crippen molar-refractivity contribution in [3.05, 3.63) is 22.2 Å². The van der Waals surface area contributed by atoms with Crippen LogP contribution in [0, 0.1) is 5.41 Å². The van der Waals surface area contributed by atoms with Crippen molar-refractivity contribution >= 4 is 15.9 Å². The second-order valence-electron chi connectivity index (χ2n) is 6.64. The molecule has 1 saturated heterocycles. The Kier molecular flexibility index (Phi) is 5.75. The molecule has 0 aromatic heterocycles. The molecule has 2 N–H and O–H groups in total. The van der Waals surface area contributed by atoms with E-state index in [2.05, 4.69) is 46.8 Å². The molecule has 1 fully saturated rings. The van der Waals surface area contributed by atoms with E-state index in [0.29, 0.717) is 6.61 Å². The van der Waals surface area contributed by atoms with E-state index in [1.54, 1.807) is 7.11 Å². The Morgan fingerprint density at radius 1 is 1.41 bits per heavy atom. The van der Waals surface area contributed by atoms with Gasteiger partial charge in [0.25, 0.3) is 0 Å².